The summed E-state index contributed by atoms with van der Waals surface area (Å²) in [7, 11) is 0. The summed E-state index contributed by atoms with van der Waals surface area (Å²) in [6.07, 6.45) is 2.24. The maximum absolute atomic E-state index is 11.9. The molecule has 2 N–H and O–H groups in total. The summed E-state index contributed by atoms with van der Waals surface area (Å²) in [5.74, 6) is 0.381. The van der Waals surface area contributed by atoms with Crippen molar-refractivity contribution in [2.75, 3.05) is 0 Å². The Morgan fingerprint density at radius 2 is 1.84 bits per heavy atom. The molecule has 3 heteroatoms. The van der Waals surface area contributed by atoms with Gasteiger partial charge in [0.25, 0.3) is 0 Å². The Balaban J connectivity index is 2.54. The first kappa shape index (κ1) is 15.5. The first-order valence-electron chi connectivity index (χ1n) is 6.87. The Kier molecular flexibility index (Phi) is 5.40. The van der Waals surface area contributed by atoms with E-state index in [-0.39, 0.29) is 23.1 Å². The first-order valence-corrected chi connectivity index (χ1v) is 6.87. The van der Waals surface area contributed by atoms with E-state index < -0.39 is 0 Å². The zero-order chi connectivity index (χ0) is 14.5. The molecule has 0 heterocycles. The molecule has 0 saturated carbocycles. The van der Waals surface area contributed by atoms with Crippen LogP contribution in [-0.4, -0.2) is 17.1 Å². The number of hydrogen-bond acceptors (Lipinski definition) is 2. The maximum Gasteiger partial charge on any atom is 0.220 e. The number of carbonyl (C=O) groups is 1. The van der Waals surface area contributed by atoms with Crippen molar-refractivity contribution >= 4 is 5.91 Å². The Morgan fingerprint density at radius 3 is 2.32 bits per heavy atom. The van der Waals surface area contributed by atoms with E-state index in [9.17, 15) is 9.90 Å². The van der Waals surface area contributed by atoms with Gasteiger partial charge >= 0.3 is 0 Å². The molecule has 1 aromatic carbocycles. The molecule has 0 saturated heterocycles. The first-order chi connectivity index (χ1) is 8.80. The SMILES string of the molecule is CCC(Cc1ccc(O)cc1)NC(=O)CC(C)(C)C. The van der Waals surface area contributed by atoms with Crippen molar-refractivity contribution in [3.05, 3.63) is 29.8 Å². The van der Waals surface area contributed by atoms with Gasteiger partial charge in [0.2, 0.25) is 5.91 Å². The van der Waals surface area contributed by atoms with Crippen molar-refractivity contribution in [1.29, 1.82) is 0 Å². The molecule has 0 radical (unpaired) electrons. The molecule has 0 aliphatic carbocycles. The molecule has 1 rings (SSSR count). The number of rotatable bonds is 5. The van der Waals surface area contributed by atoms with Crippen LogP contribution in [0.1, 0.15) is 46.1 Å². The van der Waals surface area contributed by atoms with E-state index in [0.717, 1.165) is 18.4 Å². The molecule has 1 atom stereocenters. The summed E-state index contributed by atoms with van der Waals surface area (Å²) in [6, 6.07) is 7.30. The van der Waals surface area contributed by atoms with Crippen LogP contribution in [0.2, 0.25) is 0 Å². The van der Waals surface area contributed by atoms with Crippen molar-refractivity contribution in [1.82, 2.24) is 5.32 Å². The van der Waals surface area contributed by atoms with Gasteiger partial charge in [-0.1, -0.05) is 39.8 Å². The molecule has 0 fully saturated rings. The molecule has 0 aromatic heterocycles. The van der Waals surface area contributed by atoms with Crippen LogP contribution < -0.4 is 5.32 Å². The van der Waals surface area contributed by atoms with Crippen LogP contribution in [0.3, 0.4) is 0 Å². The summed E-state index contributed by atoms with van der Waals surface area (Å²) in [6.45, 7) is 8.26. The Bertz CT molecular complexity index is 404. The number of hydrogen-bond donors (Lipinski definition) is 2. The topological polar surface area (TPSA) is 49.3 Å². The van der Waals surface area contributed by atoms with Gasteiger partial charge in [0.15, 0.2) is 0 Å². The number of benzene rings is 1. The lowest BCUT2D eigenvalue weighted by Gasteiger charge is -2.21. The summed E-state index contributed by atoms with van der Waals surface area (Å²) < 4.78 is 0. The molecule has 1 aromatic rings. The zero-order valence-electron chi connectivity index (χ0n) is 12.4. The fourth-order valence-corrected chi connectivity index (χ4v) is 1.97. The number of nitrogens with one attached hydrogen (secondary N) is 1. The van der Waals surface area contributed by atoms with E-state index in [1.165, 1.54) is 0 Å². The number of carbonyl (C=O) groups excluding carboxylic acids is 1. The lowest BCUT2D eigenvalue weighted by molar-refractivity contribution is -0.123. The summed E-state index contributed by atoms with van der Waals surface area (Å²) in [4.78, 5) is 11.9. The third kappa shape index (κ3) is 6.27. The predicted octanol–water partition coefficient (Wildman–Crippen LogP) is 3.27. The van der Waals surface area contributed by atoms with Crippen LogP contribution in [-0.2, 0) is 11.2 Å². The van der Waals surface area contributed by atoms with E-state index in [4.69, 9.17) is 0 Å². The van der Waals surface area contributed by atoms with Crippen molar-refractivity contribution in [2.24, 2.45) is 5.41 Å². The van der Waals surface area contributed by atoms with E-state index in [0.29, 0.717) is 6.42 Å². The Labute approximate surface area is 116 Å². The average Bonchev–Trinajstić information content (AvgIpc) is 2.28. The monoisotopic (exact) mass is 263 g/mol. The molecule has 19 heavy (non-hydrogen) atoms. The highest BCUT2D eigenvalue weighted by Gasteiger charge is 2.18. The molecule has 1 amide bonds. The minimum atomic E-state index is 0.0148. The second-order valence-electron chi connectivity index (χ2n) is 6.28. The van der Waals surface area contributed by atoms with Crippen molar-refractivity contribution in [3.8, 4) is 5.75 Å². The fourth-order valence-electron chi connectivity index (χ4n) is 1.97. The zero-order valence-corrected chi connectivity index (χ0v) is 12.4. The normalized spacial score (nSPS) is 13.1. The largest absolute Gasteiger partial charge is 0.508 e. The van der Waals surface area contributed by atoms with Crippen LogP contribution >= 0.6 is 0 Å². The minimum Gasteiger partial charge on any atom is -0.508 e. The average molecular weight is 263 g/mol. The van der Waals surface area contributed by atoms with Gasteiger partial charge in [0.1, 0.15) is 5.75 Å². The predicted molar refractivity (Wildman–Crippen MR) is 78.1 cm³/mol. The van der Waals surface area contributed by atoms with Gasteiger partial charge in [-0.15, -0.1) is 0 Å². The standard InChI is InChI=1S/C16H25NO2/c1-5-13(17-15(19)11-16(2,3)4)10-12-6-8-14(18)9-7-12/h6-9,13,18H,5,10-11H2,1-4H3,(H,17,19). The lowest BCUT2D eigenvalue weighted by Crippen LogP contribution is -2.37. The number of phenolic OH excluding ortho intramolecular Hbond substituents is 1. The summed E-state index contributed by atoms with van der Waals surface area (Å²) >= 11 is 0. The number of amides is 1. The van der Waals surface area contributed by atoms with Gasteiger partial charge in [0, 0.05) is 12.5 Å². The highest BCUT2D eigenvalue weighted by molar-refractivity contribution is 5.76. The lowest BCUT2D eigenvalue weighted by atomic mass is 9.91. The third-order valence-corrected chi connectivity index (χ3v) is 2.97. The molecule has 0 bridgehead atoms. The molecular formula is C16H25NO2. The minimum absolute atomic E-state index is 0.0148. The molecule has 0 spiro atoms. The maximum atomic E-state index is 11.9. The van der Waals surface area contributed by atoms with Gasteiger partial charge in [0.05, 0.1) is 0 Å². The van der Waals surface area contributed by atoms with E-state index in [2.05, 4.69) is 33.0 Å². The third-order valence-electron chi connectivity index (χ3n) is 2.97. The van der Waals surface area contributed by atoms with Crippen LogP contribution in [0.15, 0.2) is 24.3 Å². The Morgan fingerprint density at radius 1 is 1.26 bits per heavy atom. The van der Waals surface area contributed by atoms with Crippen LogP contribution in [0.5, 0.6) is 5.75 Å². The summed E-state index contributed by atoms with van der Waals surface area (Å²) in [5.41, 5.74) is 1.14. The van der Waals surface area contributed by atoms with E-state index in [1.807, 2.05) is 12.1 Å². The quantitative estimate of drug-likeness (QED) is 0.856. The molecule has 0 aliphatic rings. The molecule has 1 unspecified atom stereocenters. The highest BCUT2D eigenvalue weighted by atomic mass is 16.3. The van der Waals surface area contributed by atoms with Crippen LogP contribution in [0, 0.1) is 5.41 Å². The van der Waals surface area contributed by atoms with Crippen molar-refractivity contribution in [3.63, 3.8) is 0 Å². The molecule has 3 nitrogen and oxygen atoms in total. The smallest absolute Gasteiger partial charge is 0.220 e. The fraction of sp³-hybridized carbons (Fsp3) is 0.562. The van der Waals surface area contributed by atoms with E-state index in [1.54, 1.807) is 12.1 Å². The highest BCUT2D eigenvalue weighted by Crippen LogP contribution is 2.18. The second kappa shape index (κ2) is 6.60. The molecule has 106 valence electrons. The van der Waals surface area contributed by atoms with Crippen LogP contribution in [0.25, 0.3) is 0 Å². The van der Waals surface area contributed by atoms with E-state index >= 15 is 0 Å². The van der Waals surface area contributed by atoms with Gasteiger partial charge in [-0.05, 0) is 36.0 Å². The number of phenols is 1. The van der Waals surface area contributed by atoms with Crippen LogP contribution in [0.4, 0.5) is 0 Å². The van der Waals surface area contributed by atoms with Gasteiger partial charge in [-0.2, -0.15) is 0 Å². The van der Waals surface area contributed by atoms with Crippen molar-refractivity contribution < 1.29 is 9.90 Å². The Hall–Kier alpha value is -1.51. The summed E-state index contributed by atoms with van der Waals surface area (Å²) in [5, 5.41) is 12.3. The van der Waals surface area contributed by atoms with Gasteiger partial charge < -0.3 is 10.4 Å². The van der Waals surface area contributed by atoms with Gasteiger partial charge in [-0.25, -0.2) is 0 Å². The number of aromatic hydroxyl groups is 1. The van der Waals surface area contributed by atoms with Crippen molar-refractivity contribution in [2.45, 2.75) is 53.0 Å². The molecule has 0 aliphatic heterocycles. The van der Waals surface area contributed by atoms with Gasteiger partial charge in [-0.3, -0.25) is 4.79 Å². The second-order valence-corrected chi connectivity index (χ2v) is 6.28. The molecular weight excluding hydrogens is 238 g/mol.